The van der Waals surface area contributed by atoms with Crippen LogP contribution in [0.1, 0.15) is 19.8 Å². The lowest BCUT2D eigenvalue weighted by Crippen LogP contribution is -2.53. The molecule has 96 valence electrons. The molecule has 5 heteroatoms. The monoisotopic (exact) mass is 241 g/mol. The first-order valence-corrected chi connectivity index (χ1v) is 5.27. The fourth-order valence-corrected chi connectivity index (χ4v) is 1.64. The van der Waals surface area contributed by atoms with Gasteiger partial charge >= 0.3 is 0 Å². The van der Waals surface area contributed by atoms with E-state index in [2.05, 4.69) is 13.2 Å². The molecule has 1 amide bonds. The van der Waals surface area contributed by atoms with Gasteiger partial charge in [0.2, 0.25) is 5.91 Å². The Morgan fingerprint density at radius 2 is 1.94 bits per heavy atom. The highest BCUT2D eigenvalue weighted by molar-refractivity contribution is 5.94. The standard InChI is InChI=1S/C12H19NO4/c1-4-6-9(10(15)8(3)14)12(17,7-5-2)11(13)16/h4-5,8-9,14,17H,1-2,6-7H2,3H3,(H2,13,16). The minimum Gasteiger partial charge on any atom is -0.386 e. The van der Waals surface area contributed by atoms with Crippen molar-refractivity contribution in [3.63, 3.8) is 0 Å². The summed E-state index contributed by atoms with van der Waals surface area (Å²) in [7, 11) is 0. The molecule has 4 N–H and O–H groups in total. The third-order valence-electron chi connectivity index (χ3n) is 2.62. The first-order valence-electron chi connectivity index (χ1n) is 5.27. The Labute approximate surface area is 101 Å². The van der Waals surface area contributed by atoms with E-state index >= 15 is 0 Å². The molecule has 0 aliphatic heterocycles. The molecule has 3 unspecified atom stereocenters. The quantitative estimate of drug-likeness (QED) is 0.517. The van der Waals surface area contributed by atoms with Gasteiger partial charge in [0.15, 0.2) is 11.4 Å². The molecule has 0 saturated carbocycles. The predicted octanol–water partition coefficient (Wildman–Crippen LogP) is -0.0789. The van der Waals surface area contributed by atoms with E-state index in [1.54, 1.807) is 0 Å². The van der Waals surface area contributed by atoms with E-state index in [1.807, 2.05) is 0 Å². The van der Waals surface area contributed by atoms with Crippen LogP contribution in [0.2, 0.25) is 0 Å². The summed E-state index contributed by atoms with van der Waals surface area (Å²) < 4.78 is 0. The van der Waals surface area contributed by atoms with E-state index in [-0.39, 0.29) is 12.8 Å². The molecular formula is C12H19NO4. The van der Waals surface area contributed by atoms with Crippen LogP contribution in [0.15, 0.2) is 25.3 Å². The molecule has 0 fully saturated rings. The Balaban J connectivity index is 5.37. The molecular weight excluding hydrogens is 222 g/mol. The lowest BCUT2D eigenvalue weighted by Gasteiger charge is -2.31. The van der Waals surface area contributed by atoms with Crippen molar-refractivity contribution in [2.45, 2.75) is 31.5 Å². The maximum atomic E-state index is 11.8. The summed E-state index contributed by atoms with van der Waals surface area (Å²) in [5, 5.41) is 19.4. The Bertz CT molecular complexity index is 324. The molecule has 0 aromatic rings. The number of hydrogen-bond donors (Lipinski definition) is 3. The van der Waals surface area contributed by atoms with Crippen molar-refractivity contribution in [1.29, 1.82) is 0 Å². The number of nitrogens with two attached hydrogens (primary N) is 1. The lowest BCUT2D eigenvalue weighted by molar-refractivity contribution is -0.152. The number of aliphatic hydroxyl groups excluding tert-OH is 1. The number of hydrogen-bond acceptors (Lipinski definition) is 4. The molecule has 0 aromatic heterocycles. The first kappa shape index (κ1) is 15.5. The van der Waals surface area contributed by atoms with Gasteiger partial charge in [-0.25, -0.2) is 0 Å². The number of primary amides is 1. The van der Waals surface area contributed by atoms with E-state index < -0.39 is 29.3 Å². The summed E-state index contributed by atoms with van der Waals surface area (Å²) >= 11 is 0. The van der Waals surface area contributed by atoms with Crippen LogP contribution < -0.4 is 5.73 Å². The topological polar surface area (TPSA) is 101 Å². The number of Topliss-reactive ketones (excluding diaryl/α,β-unsaturated/α-hetero) is 1. The van der Waals surface area contributed by atoms with Crippen LogP contribution in [0.5, 0.6) is 0 Å². The van der Waals surface area contributed by atoms with Crippen molar-refractivity contribution >= 4 is 11.7 Å². The van der Waals surface area contributed by atoms with Crippen LogP contribution in [-0.4, -0.2) is 33.6 Å². The van der Waals surface area contributed by atoms with E-state index in [0.717, 1.165) is 0 Å². The zero-order valence-electron chi connectivity index (χ0n) is 9.93. The molecule has 0 bridgehead atoms. The molecule has 0 heterocycles. The molecule has 0 aliphatic carbocycles. The van der Waals surface area contributed by atoms with Crippen molar-refractivity contribution in [2.75, 3.05) is 0 Å². The summed E-state index contributed by atoms with van der Waals surface area (Å²) in [4.78, 5) is 23.1. The molecule has 0 aliphatic rings. The average Bonchev–Trinajstić information content (AvgIpc) is 2.24. The van der Waals surface area contributed by atoms with Gasteiger partial charge in [0.05, 0.1) is 5.92 Å². The Morgan fingerprint density at radius 3 is 2.24 bits per heavy atom. The molecule has 0 spiro atoms. The second-order valence-electron chi connectivity index (χ2n) is 3.94. The van der Waals surface area contributed by atoms with Crippen molar-refractivity contribution in [2.24, 2.45) is 11.7 Å². The maximum Gasteiger partial charge on any atom is 0.250 e. The molecule has 0 saturated heterocycles. The first-order chi connectivity index (χ1) is 7.81. The number of ketones is 1. The molecule has 0 radical (unpaired) electrons. The molecule has 17 heavy (non-hydrogen) atoms. The van der Waals surface area contributed by atoms with Crippen LogP contribution in [0, 0.1) is 5.92 Å². The number of carbonyl (C=O) groups is 2. The van der Waals surface area contributed by atoms with Gasteiger partial charge in [0, 0.05) is 6.42 Å². The number of amides is 1. The van der Waals surface area contributed by atoms with Crippen molar-refractivity contribution < 1.29 is 19.8 Å². The minimum atomic E-state index is -2.04. The molecule has 0 rings (SSSR count). The third kappa shape index (κ3) is 3.51. The van der Waals surface area contributed by atoms with Crippen LogP contribution in [0.25, 0.3) is 0 Å². The SMILES string of the molecule is C=CCC(C(=O)C(C)O)C(O)(CC=C)C(N)=O. The van der Waals surface area contributed by atoms with E-state index in [9.17, 15) is 19.8 Å². The number of carbonyl (C=O) groups excluding carboxylic acids is 2. The van der Waals surface area contributed by atoms with Crippen molar-refractivity contribution in [3.8, 4) is 0 Å². The number of rotatable bonds is 8. The van der Waals surface area contributed by atoms with Crippen molar-refractivity contribution in [1.82, 2.24) is 0 Å². The van der Waals surface area contributed by atoms with Gasteiger partial charge in [0.25, 0.3) is 0 Å². The summed E-state index contributed by atoms with van der Waals surface area (Å²) in [5.74, 6) is -2.78. The van der Waals surface area contributed by atoms with Crippen molar-refractivity contribution in [3.05, 3.63) is 25.3 Å². The Kier molecular flexibility index (Phi) is 5.78. The van der Waals surface area contributed by atoms with Gasteiger partial charge in [-0.15, -0.1) is 13.2 Å². The number of allylic oxidation sites excluding steroid dienone is 1. The predicted molar refractivity (Wildman–Crippen MR) is 64.0 cm³/mol. The van der Waals surface area contributed by atoms with Gasteiger partial charge in [0.1, 0.15) is 6.10 Å². The smallest absolute Gasteiger partial charge is 0.250 e. The second kappa shape index (κ2) is 6.32. The highest BCUT2D eigenvalue weighted by atomic mass is 16.3. The maximum absolute atomic E-state index is 11.8. The summed E-state index contributed by atoms with van der Waals surface area (Å²) in [6.07, 6.45) is 1.31. The van der Waals surface area contributed by atoms with E-state index in [1.165, 1.54) is 19.1 Å². The molecule has 5 nitrogen and oxygen atoms in total. The summed E-state index contributed by atoms with van der Waals surface area (Å²) in [6.45, 7) is 8.13. The Morgan fingerprint density at radius 1 is 1.41 bits per heavy atom. The zero-order chi connectivity index (χ0) is 13.6. The highest BCUT2D eigenvalue weighted by Crippen LogP contribution is 2.27. The third-order valence-corrected chi connectivity index (χ3v) is 2.62. The van der Waals surface area contributed by atoms with E-state index in [0.29, 0.717) is 0 Å². The van der Waals surface area contributed by atoms with E-state index in [4.69, 9.17) is 5.73 Å². The highest BCUT2D eigenvalue weighted by Gasteiger charge is 2.45. The van der Waals surface area contributed by atoms with Gasteiger partial charge in [-0.05, 0) is 13.3 Å². The minimum absolute atomic E-state index is 0.0526. The van der Waals surface area contributed by atoms with Gasteiger partial charge in [-0.3, -0.25) is 9.59 Å². The second-order valence-corrected chi connectivity index (χ2v) is 3.94. The largest absolute Gasteiger partial charge is 0.386 e. The van der Waals surface area contributed by atoms with Crippen LogP contribution in [0.4, 0.5) is 0 Å². The molecule has 0 aromatic carbocycles. The van der Waals surface area contributed by atoms with Crippen LogP contribution in [-0.2, 0) is 9.59 Å². The average molecular weight is 241 g/mol. The molecule has 3 atom stereocenters. The summed E-state index contributed by atoms with van der Waals surface area (Å²) in [5.41, 5.74) is 3.08. The number of aliphatic hydroxyl groups is 2. The zero-order valence-corrected chi connectivity index (χ0v) is 9.93. The normalized spacial score (nSPS) is 17.6. The van der Waals surface area contributed by atoms with Gasteiger partial charge < -0.3 is 15.9 Å². The van der Waals surface area contributed by atoms with Crippen LogP contribution >= 0.6 is 0 Å². The Hall–Kier alpha value is -1.46. The van der Waals surface area contributed by atoms with Gasteiger partial charge in [-0.1, -0.05) is 12.2 Å². The lowest BCUT2D eigenvalue weighted by atomic mass is 9.77. The summed E-state index contributed by atoms with van der Waals surface area (Å²) in [6, 6.07) is 0. The fourth-order valence-electron chi connectivity index (χ4n) is 1.64. The van der Waals surface area contributed by atoms with Gasteiger partial charge in [-0.2, -0.15) is 0 Å². The fraction of sp³-hybridized carbons (Fsp3) is 0.500. The van der Waals surface area contributed by atoms with Crippen LogP contribution in [0.3, 0.4) is 0 Å².